The van der Waals surface area contributed by atoms with E-state index < -0.39 is 17.8 Å². The molecule has 206 valence electrons. The number of ether oxygens (including phenoxy) is 1. The van der Waals surface area contributed by atoms with Crippen LogP contribution in [0.25, 0.3) is 0 Å². The molecule has 3 atom stereocenters. The summed E-state index contributed by atoms with van der Waals surface area (Å²) in [5, 5.41) is 9.56. The number of carbonyl (C=O) groups excluding carboxylic acids is 1. The Kier molecular flexibility index (Phi) is 18.3. The van der Waals surface area contributed by atoms with Crippen molar-refractivity contribution in [1.82, 2.24) is 0 Å². The Morgan fingerprint density at radius 3 is 1.40 bits per heavy atom. The zero-order valence-corrected chi connectivity index (χ0v) is 23.7. The first-order chi connectivity index (χ1) is 16.8. The predicted octanol–water partition coefficient (Wildman–Crippen LogP) is 9.34. The van der Waals surface area contributed by atoms with Crippen LogP contribution in [0.5, 0.6) is 0 Å². The molecule has 0 aromatic rings. The van der Waals surface area contributed by atoms with Crippen LogP contribution in [-0.2, 0) is 14.3 Å². The minimum atomic E-state index is -0.836. The summed E-state index contributed by atoms with van der Waals surface area (Å²) in [6, 6.07) is 0. The fourth-order valence-corrected chi connectivity index (χ4v) is 5.49. The van der Waals surface area contributed by atoms with Crippen LogP contribution in [0.15, 0.2) is 0 Å². The van der Waals surface area contributed by atoms with Crippen molar-refractivity contribution >= 4 is 11.9 Å². The van der Waals surface area contributed by atoms with Gasteiger partial charge in [0.2, 0.25) is 0 Å². The van der Waals surface area contributed by atoms with E-state index >= 15 is 0 Å². The number of hydrogen-bond donors (Lipinski definition) is 1. The molecule has 1 fully saturated rings. The molecule has 0 aromatic carbocycles. The van der Waals surface area contributed by atoms with E-state index in [0.29, 0.717) is 12.8 Å². The van der Waals surface area contributed by atoms with Gasteiger partial charge in [0, 0.05) is 0 Å². The van der Waals surface area contributed by atoms with Crippen LogP contribution >= 0.6 is 0 Å². The Morgan fingerprint density at radius 2 is 1.00 bits per heavy atom. The van der Waals surface area contributed by atoms with Gasteiger partial charge in [-0.05, 0) is 50.4 Å². The van der Waals surface area contributed by atoms with Crippen molar-refractivity contribution in [3.8, 4) is 0 Å². The van der Waals surface area contributed by atoms with Crippen molar-refractivity contribution in [3.63, 3.8) is 0 Å². The first-order valence-electron chi connectivity index (χ1n) is 15.2. The van der Waals surface area contributed by atoms with Gasteiger partial charge in [-0.25, -0.2) is 0 Å². The second-order valence-corrected chi connectivity index (χ2v) is 12.1. The van der Waals surface area contributed by atoms with Gasteiger partial charge in [-0.15, -0.1) is 0 Å². The van der Waals surface area contributed by atoms with E-state index in [1.807, 2.05) is 0 Å². The number of rotatable bonds is 21. The zero-order valence-electron chi connectivity index (χ0n) is 23.7. The van der Waals surface area contributed by atoms with Crippen molar-refractivity contribution in [2.75, 3.05) is 0 Å². The second kappa shape index (κ2) is 20.0. The van der Waals surface area contributed by atoms with E-state index in [0.717, 1.165) is 50.4 Å². The normalized spacial score (nSPS) is 19.3. The Morgan fingerprint density at radius 1 is 0.629 bits per heavy atom. The van der Waals surface area contributed by atoms with Crippen molar-refractivity contribution in [3.05, 3.63) is 0 Å². The molecule has 0 aliphatic heterocycles. The highest BCUT2D eigenvalue weighted by atomic mass is 16.5. The number of unbranched alkanes of at least 4 members (excludes halogenated alkanes) is 10. The summed E-state index contributed by atoms with van der Waals surface area (Å²) in [5.41, 5.74) is 0. The molecule has 1 N–H and O–H groups in total. The Hall–Kier alpha value is -1.06. The molecule has 1 saturated carbocycles. The van der Waals surface area contributed by atoms with Crippen LogP contribution in [0.1, 0.15) is 156 Å². The molecule has 0 bridgehead atoms. The van der Waals surface area contributed by atoms with Crippen molar-refractivity contribution in [1.29, 1.82) is 0 Å². The van der Waals surface area contributed by atoms with E-state index in [1.54, 1.807) is 0 Å². The standard InChI is InChI=1S/C31H58O4/c1-25(2)19-13-9-7-5-6-8-10-15-21-27(22-16-12-11-14-20-26(3)4)35-31(34)29-24-18-17-23-28(29)30(32)33/h25-29H,5-24H2,1-4H3,(H,32,33). The van der Waals surface area contributed by atoms with E-state index in [9.17, 15) is 14.7 Å². The van der Waals surface area contributed by atoms with Gasteiger partial charge in [0.1, 0.15) is 6.10 Å². The molecule has 1 rings (SSSR count). The molecule has 0 saturated heterocycles. The van der Waals surface area contributed by atoms with E-state index in [2.05, 4.69) is 27.7 Å². The van der Waals surface area contributed by atoms with Crippen molar-refractivity contribution in [2.45, 2.75) is 162 Å². The maximum Gasteiger partial charge on any atom is 0.310 e. The van der Waals surface area contributed by atoms with Crippen molar-refractivity contribution < 1.29 is 19.4 Å². The second-order valence-electron chi connectivity index (χ2n) is 12.1. The first kappa shape index (κ1) is 32.0. The summed E-state index contributed by atoms with van der Waals surface area (Å²) in [7, 11) is 0. The Balaban J connectivity index is 2.37. The van der Waals surface area contributed by atoms with Crippen LogP contribution in [0.3, 0.4) is 0 Å². The zero-order chi connectivity index (χ0) is 25.9. The molecule has 0 amide bonds. The highest BCUT2D eigenvalue weighted by Gasteiger charge is 2.37. The highest BCUT2D eigenvalue weighted by Crippen LogP contribution is 2.32. The molecule has 4 heteroatoms. The van der Waals surface area contributed by atoms with Crippen LogP contribution in [0.2, 0.25) is 0 Å². The molecule has 0 aromatic heterocycles. The van der Waals surface area contributed by atoms with E-state index in [4.69, 9.17) is 4.74 Å². The fourth-order valence-electron chi connectivity index (χ4n) is 5.49. The third-order valence-electron chi connectivity index (χ3n) is 7.78. The molecule has 3 unspecified atom stereocenters. The number of carboxylic acid groups (broad SMARTS) is 1. The molecule has 4 nitrogen and oxygen atoms in total. The van der Waals surface area contributed by atoms with Gasteiger partial charge in [-0.2, -0.15) is 0 Å². The summed E-state index contributed by atoms with van der Waals surface area (Å²) in [6.07, 6.45) is 22.7. The molecule has 0 heterocycles. The summed E-state index contributed by atoms with van der Waals surface area (Å²) in [5.74, 6) is -0.508. The first-order valence-corrected chi connectivity index (χ1v) is 15.2. The number of aliphatic carboxylic acids is 1. The van der Waals surface area contributed by atoms with Crippen LogP contribution in [-0.4, -0.2) is 23.1 Å². The summed E-state index contributed by atoms with van der Waals surface area (Å²) in [4.78, 5) is 24.6. The molecule has 0 spiro atoms. The maximum absolute atomic E-state index is 13.0. The van der Waals surface area contributed by atoms with Crippen molar-refractivity contribution in [2.24, 2.45) is 23.7 Å². The SMILES string of the molecule is CC(C)CCCCCCCCCCC(CCCCCCC(C)C)OC(=O)C1CCCCC1C(=O)O. The largest absolute Gasteiger partial charge is 0.481 e. The van der Waals surface area contributed by atoms with E-state index in [1.165, 1.54) is 77.0 Å². The quantitative estimate of drug-likeness (QED) is 0.127. The summed E-state index contributed by atoms with van der Waals surface area (Å²) < 4.78 is 6.00. The summed E-state index contributed by atoms with van der Waals surface area (Å²) >= 11 is 0. The van der Waals surface area contributed by atoms with Gasteiger partial charge in [-0.1, -0.05) is 118 Å². The van der Waals surface area contributed by atoms with Crippen LogP contribution < -0.4 is 0 Å². The lowest BCUT2D eigenvalue weighted by molar-refractivity contribution is -0.164. The van der Waals surface area contributed by atoms with Gasteiger partial charge in [0.25, 0.3) is 0 Å². The number of carbonyl (C=O) groups is 2. The average Bonchev–Trinajstić information content (AvgIpc) is 2.81. The molecule has 1 aliphatic rings. The molecule has 35 heavy (non-hydrogen) atoms. The topological polar surface area (TPSA) is 63.6 Å². The third kappa shape index (κ3) is 16.3. The Bertz CT molecular complexity index is 542. The number of esters is 1. The third-order valence-corrected chi connectivity index (χ3v) is 7.78. The monoisotopic (exact) mass is 494 g/mol. The van der Waals surface area contributed by atoms with Gasteiger partial charge in [0.05, 0.1) is 11.8 Å². The average molecular weight is 495 g/mol. The molecular formula is C31H58O4. The fraction of sp³-hybridized carbons (Fsp3) is 0.935. The number of carboxylic acids is 1. The van der Waals surface area contributed by atoms with Gasteiger partial charge < -0.3 is 9.84 Å². The lowest BCUT2D eigenvalue weighted by atomic mass is 9.79. The molecule has 0 radical (unpaired) electrons. The highest BCUT2D eigenvalue weighted by molar-refractivity contribution is 5.81. The predicted molar refractivity (Wildman–Crippen MR) is 147 cm³/mol. The van der Waals surface area contributed by atoms with Gasteiger partial charge in [-0.3, -0.25) is 9.59 Å². The number of hydrogen-bond acceptors (Lipinski definition) is 3. The lowest BCUT2D eigenvalue weighted by Crippen LogP contribution is -2.35. The van der Waals surface area contributed by atoms with Crippen LogP contribution in [0.4, 0.5) is 0 Å². The lowest BCUT2D eigenvalue weighted by Gasteiger charge is -2.29. The van der Waals surface area contributed by atoms with Gasteiger partial charge >= 0.3 is 11.9 Å². The minimum absolute atomic E-state index is 0.0417. The van der Waals surface area contributed by atoms with E-state index in [-0.39, 0.29) is 12.1 Å². The minimum Gasteiger partial charge on any atom is -0.481 e. The Labute approximate surface area is 217 Å². The van der Waals surface area contributed by atoms with Crippen LogP contribution in [0, 0.1) is 23.7 Å². The maximum atomic E-state index is 13.0. The van der Waals surface area contributed by atoms with Gasteiger partial charge in [0.15, 0.2) is 0 Å². The molecular weight excluding hydrogens is 436 g/mol. The molecule has 1 aliphatic carbocycles. The smallest absolute Gasteiger partial charge is 0.310 e. The summed E-state index contributed by atoms with van der Waals surface area (Å²) in [6.45, 7) is 9.16.